The van der Waals surface area contributed by atoms with Crippen LogP contribution in [0.3, 0.4) is 0 Å². The van der Waals surface area contributed by atoms with Gasteiger partial charge in [-0.25, -0.2) is 4.79 Å². The van der Waals surface area contributed by atoms with Crippen LogP contribution in [0.4, 0.5) is 0 Å². The smallest absolute Gasteiger partial charge is 0.349 e. The summed E-state index contributed by atoms with van der Waals surface area (Å²) in [4.78, 5) is 28.6. The van der Waals surface area contributed by atoms with Crippen LogP contribution in [0.2, 0.25) is 0 Å². The fourth-order valence-corrected chi connectivity index (χ4v) is 4.66. The highest BCUT2D eigenvalue weighted by atomic mass is 35.5. The molecule has 2 aliphatic heterocycles. The van der Waals surface area contributed by atoms with Crippen LogP contribution in [0.1, 0.15) is 50.9 Å². The van der Waals surface area contributed by atoms with Crippen molar-refractivity contribution in [3.05, 3.63) is 55.3 Å². The highest BCUT2D eigenvalue weighted by Crippen LogP contribution is 2.27. The average Bonchev–Trinajstić information content (AvgIpc) is 3.09. The molecule has 5 nitrogen and oxygen atoms in total. The van der Waals surface area contributed by atoms with Gasteiger partial charge in [-0.2, -0.15) is 0 Å². The monoisotopic (exact) mass is 394 g/mol. The zero-order chi connectivity index (χ0) is 17.4. The number of carbonyl (C=O) groups is 1. The summed E-state index contributed by atoms with van der Waals surface area (Å²) in [6, 6.07) is 3.94. The van der Waals surface area contributed by atoms with Gasteiger partial charge in [-0.1, -0.05) is 0 Å². The summed E-state index contributed by atoms with van der Waals surface area (Å²) >= 11 is 1.73. The summed E-state index contributed by atoms with van der Waals surface area (Å²) in [5.41, 5.74) is 1.60. The van der Waals surface area contributed by atoms with Crippen LogP contribution in [-0.4, -0.2) is 30.4 Å². The lowest BCUT2D eigenvalue weighted by atomic mass is 9.95. The minimum absolute atomic E-state index is 0. The average molecular weight is 395 g/mol. The number of hydrogen-bond acceptors (Lipinski definition) is 5. The van der Waals surface area contributed by atoms with E-state index in [2.05, 4.69) is 16.8 Å². The first-order valence-electron chi connectivity index (χ1n) is 8.83. The number of thiophene rings is 1. The number of hydrogen-bond donors (Lipinski definition) is 1. The fraction of sp³-hybridized carbons (Fsp3) is 0.474. The molecule has 0 saturated carbocycles. The van der Waals surface area contributed by atoms with E-state index in [1.165, 1.54) is 10.4 Å². The molecule has 0 spiro atoms. The van der Waals surface area contributed by atoms with Crippen molar-refractivity contribution < 1.29 is 9.21 Å². The van der Waals surface area contributed by atoms with Gasteiger partial charge in [0.15, 0.2) is 0 Å². The third-order valence-corrected chi connectivity index (χ3v) is 6.20. The summed E-state index contributed by atoms with van der Waals surface area (Å²) in [6.07, 6.45) is 2.94. The summed E-state index contributed by atoms with van der Waals surface area (Å²) in [5, 5.41) is 5.39. The van der Waals surface area contributed by atoms with Gasteiger partial charge in [0.2, 0.25) is 0 Å². The maximum atomic E-state index is 12.9. The largest absolute Gasteiger partial charge is 0.427 e. The van der Waals surface area contributed by atoms with E-state index in [0.717, 1.165) is 37.9 Å². The van der Waals surface area contributed by atoms with Crippen molar-refractivity contribution in [2.45, 2.75) is 38.6 Å². The van der Waals surface area contributed by atoms with Crippen molar-refractivity contribution in [3.63, 3.8) is 0 Å². The molecule has 1 atom stereocenters. The number of rotatable bonds is 2. The Morgan fingerprint density at radius 2 is 2.27 bits per heavy atom. The van der Waals surface area contributed by atoms with Gasteiger partial charge in [-0.05, 0) is 61.4 Å². The lowest BCUT2D eigenvalue weighted by molar-refractivity contribution is 0.0729. The number of nitrogens with zero attached hydrogens (tertiary/aromatic N) is 1. The number of amides is 1. The molecule has 1 saturated heterocycles. The first-order chi connectivity index (χ1) is 12.1. The molecule has 1 unspecified atom stereocenters. The van der Waals surface area contributed by atoms with Gasteiger partial charge in [0.25, 0.3) is 5.91 Å². The van der Waals surface area contributed by atoms with Gasteiger partial charge in [-0.15, -0.1) is 23.7 Å². The molecule has 140 valence electrons. The van der Waals surface area contributed by atoms with Crippen molar-refractivity contribution in [2.75, 3.05) is 19.6 Å². The third kappa shape index (κ3) is 3.59. The summed E-state index contributed by atoms with van der Waals surface area (Å²) < 4.78 is 5.55. The molecule has 1 fully saturated rings. The SMILES string of the molecule is Cc1cc(C2CCCNC2)oc(=O)c1C(=O)N1CCc2sccc2C1.Cl. The minimum atomic E-state index is -0.498. The lowest BCUT2D eigenvalue weighted by Crippen LogP contribution is -2.38. The Kier molecular flexibility index (Phi) is 5.85. The molecule has 0 radical (unpaired) electrons. The van der Waals surface area contributed by atoms with E-state index in [0.29, 0.717) is 18.8 Å². The van der Waals surface area contributed by atoms with Gasteiger partial charge in [0.05, 0.1) is 0 Å². The molecule has 2 aromatic rings. The van der Waals surface area contributed by atoms with Crippen LogP contribution in [-0.2, 0) is 13.0 Å². The number of carbonyl (C=O) groups excluding carboxylic acids is 1. The van der Waals surface area contributed by atoms with Crippen molar-refractivity contribution in [3.8, 4) is 0 Å². The highest BCUT2D eigenvalue weighted by molar-refractivity contribution is 7.10. The van der Waals surface area contributed by atoms with Crippen LogP contribution >= 0.6 is 23.7 Å². The number of piperidine rings is 1. The minimum Gasteiger partial charge on any atom is -0.427 e. The Morgan fingerprint density at radius 3 is 3.00 bits per heavy atom. The van der Waals surface area contributed by atoms with E-state index >= 15 is 0 Å². The fourth-order valence-electron chi connectivity index (χ4n) is 3.77. The van der Waals surface area contributed by atoms with Gasteiger partial charge in [-0.3, -0.25) is 4.79 Å². The molecule has 4 rings (SSSR count). The molecule has 0 aromatic carbocycles. The Labute approximate surface area is 162 Å². The van der Waals surface area contributed by atoms with Crippen LogP contribution in [0.5, 0.6) is 0 Å². The molecule has 2 aliphatic rings. The molecule has 7 heteroatoms. The predicted molar refractivity (Wildman–Crippen MR) is 105 cm³/mol. The first kappa shape index (κ1) is 19.1. The molecular formula is C19H23ClN2O3S. The lowest BCUT2D eigenvalue weighted by Gasteiger charge is -2.27. The van der Waals surface area contributed by atoms with Gasteiger partial charge >= 0.3 is 5.63 Å². The van der Waals surface area contributed by atoms with E-state index < -0.39 is 5.63 Å². The van der Waals surface area contributed by atoms with E-state index in [4.69, 9.17) is 4.42 Å². The molecule has 26 heavy (non-hydrogen) atoms. The normalized spacial score (nSPS) is 19.6. The standard InChI is InChI=1S/C19H22N2O3S.ClH/c1-12-9-15(13-3-2-6-20-10-13)24-19(23)17(12)18(22)21-7-4-16-14(11-21)5-8-25-16;/h5,8-9,13,20H,2-4,6-7,10-11H2,1H3;1H. The quantitative estimate of drug-likeness (QED) is 0.850. The Bertz CT molecular complexity index is 855. The van der Waals surface area contributed by atoms with Gasteiger partial charge in [0, 0.05) is 30.4 Å². The summed E-state index contributed by atoms with van der Waals surface area (Å²) in [7, 11) is 0. The predicted octanol–water partition coefficient (Wildman–Crippen LogP) is 3.10. The topological polar surface area (TPSA) is 62.6 Å². The van der Waals surface area contributed by atoms with Crippen molar-refractivity contribution >= 4 is 29.7 Å². The first-order valence-corrected chi connectivity index (χ1v) is 9.71. The van der Waals surface area contributed by atoms with Crippen LogP contribution in [0, 0.1) is 6.92 Å². The second kappa shape index (κ2) is 7.94. The Balaban J connectivity index is 0.00000196. The Hall–Kier alpha value is -1.63. The number of aryl methyl sites for hydroxylation is 1. The van der Waals surface area contributed by atoms with Crippen LogP contribution in [0.25, 0.3) is 0 Å². The number of fused-ring (bicyclic) bond motifs is 1. The zero-order valence-corrected chi connectivity index (χ0v) is 16.4. The van der Waals surface area contributed by atoms with Crippen molar-refractivity contribution in [2.24, 2.45) is 0 Å². The summed E-state index contributed by atoms with van der Waals surface area (Å²) in [5.74, 6) is 0.703. The van der Waals surface area contributed by atoms with Crippen molar-refractivity contribution in [1.82, 2.24) is 10.2 Å². The van der Waals surface area contributed by atoms with Crippen LogP contribution < -0.4 is 10.9 Å². The highest BCUT2D eigenvalue weighted by Gasteiger charge is 2.28. The second-order valence-electron chi connectivity index (χ2n) is 6.88. The molecule has 4 heterocycles. The Morgan fingerprint density at radius 1 is 1.42 bits per heavy atom. The molecule has 1 amide bonds. The molecule has 2 aromatic heterocycles. The van der Waals surface area contributed by atoms with E-state index in [1.807, 2.05) is 13.0 Å². The van der Waals surface area contributed by atoms with Crippen molar-refractivity contribution in [1.29, 1.82) is 0 Å². The number of nitrogens with one attached hydrogen (secondary N) is 1. The van der Waals surface area contributed by atoms with E-state index in [9.17, 15) is 9.59 Å². The molecular weight excluding hydrogens is 372 g/mol. The zero-order valence-electron chi connectivity index (χ0n) is 14.7. The van der Waals surface area contributed by atoms with Gasteiger partial charge < -0.3 is 14.6 Å². The maximum absolute atomic E-state index is 12.9. The second-order valence-corrected chi connectivity index (χ2v) is 7.88. The third-order valence-electron chi connectivity index (χ3n) is 5.18. The molecule has 0 bridgehead atoms. The van der Waals surface area contributed by atoms with Gasteiger partial charge in [0.1, 0.15) is 11.3 Å². The van der Waals surface area contributed by atoms with Crippen LogP contribution in [0.15, 0.2) is 26.7 Å². The molecule has 0 aliphatic carbocycles. The molecule has 1 N–H and O–H groups in total. The maximum Gasteiger partial charge on any atom is 0.349 e. The van der Waals surface area contributed by atoms with E-state index in [1.54, 1.807) is 16.2 Å². The van der Waals surface area contributed by atoms with E-state index in [-0.39, 0.29) is 29.8 Å². The number of halogens is 1. The summed E-state index contributed by atoms with van der Waals surface area (Å²) in [6.45, 7) is 4.90.